The van der Waals surface area contributed by atoms with Crippen molar-refractivity contribution in [3.05, 3.63) is 35.4 Å². The standard InChI is InChI=1S/C20H33N5O/c1-3-10-22-19(26)18-9-7-8-17(15-18)16-24-20(21-2)23-11-14-25-12-5-4-6-13-25/h7-9,15H,3-6,10-14,16H2,1-2H3,(H,22,26)(H2,21,23,24). The Morgan fingerprint density at radius 2 is 1.92 bits per heavy atom. The molecule has 0 spiro atoms. The highest BCUT2D eigenvalue weighted by molar-refractivity contribution is 5.94. The molecule has 1 aliphatic rings. The van der Waals surface area contributed by atoms with Gasteiger partial charge in [0.2, 0.25) is 0 Å². The third-order valence-electron chi connectivity index (χ3n) is 4.58. The van der Waals surface area contributed by atoms with Crippen molar-refractivity contribution in [2.75, 3.05) is 39.8 Å². The average molecular weight is 360 g/mol. The predicted molar refractivity (Wildman–Crippen MR) is 108 cm³/mol. The van der Waals surface area contributed by atoms with Gasteiger partial charge < -0.3 is 20.9 Å². The van der Waals surface area contributed by atoms with Gasteiger partial charge >= 0.3 is 0 Å². The fourth-order valence-corrected chi connectivity index (χ4v) is 3.08. The monoisotopic (exact) mass is 359 g/mol. The van der Waals surface area contributed by atoms with Gasteiger partial charge in [-0.05, 0) is 50.0 Å². The van der Waals surface area contributed by atoms with Crippen molar-refractivity contribution in [2.45, 2.75) is 39.2 Å². The summed E-state index contributed by atoms with van der Waals surface area (Å²) in [4.78, 5) is 18.9. The molecule has 1 aromatic rings. The first kappa shape index (κ1) is 20.2. The largest absolute Gasteiger partial charge is 0.355 e. The number of rotatable bonds is 8. The van der Waals surface area contributed by atoms with E-state index in [1.165, 1.54) is 32.4 Å². The molecular weight excluding hydrogens is 326 g/mol. The molecule has 6 nitrogen and oxygen atoms in total. The Morgan fingerprint density at radius 1 is 1.12 bits per heavy atom. The Morgan fingerprint density at radius 3 is 2.65 bits per heavy atom. The van der Waals surface area contributed by atoms with Crippen molar-refractivity contribution in [1.29, 1.82) is 0 Å². The van der Waals surface area contributed by atoms with Crippen LogP contribution in [0.25, 0.3) is 0 Å². The minimum absolute atomic E-state index is 0.0160. The second-order valence-electron chi connectivity index (χ2n) is 6.71. The zero-order valence-corrected chi connectivity index (χ0v) is 16.2. The van der Waals surface area contributed by atoms with Gasteiger partial charge in [0.25, 0.3) is 5.91 Å². The molecule has 26 heavy (non-hydrogen) atoms. The molecule has 3 N–H and O–H groups in total. The van der Waals surface area contributed by atoms with Gasteiger partial charge in [0.05, 0.1) is 0 Å². The highest BCUT2D eigenvalue weighted by atomic mass is 16.1. The number of benzene rings is 1. The van der Waals surface area contributed by atoms with E-state index in [0.717, 1.165) is 31.0 Å². The number of hydrogen-bond acceptors (Lipinski definition) is 3. The first-order chi connectivity index (χ1) is 12.7. The lowest BCUT2D eigenvalue weighted by Gasteiger charge is -2.26. The van der Waals surface area contributed by atoms with E-state index in [2.05, 4.69) is 25.8 Å². The van der Waals surface area contributed by atoms with Crippen LogP contribution in [-0.4, -0.2) is 56.5 Å². The zero-order chi connectivity index (χ0) is 18.6. The topological polar surface area (TPSA) is 68.8 Å². The number of guanidine groups is 1. The van der Waals surface area contributed by atoms with Crippen LogP contribution < -0.4 is 16.0 Å². The van der Waals surface area contributed by atoms with Gasteiger partial charge in [0.1, 0.15) is 0 Å². The number of carbonyl (C=O) groups is 1. The molecule has 0 aromatic heterocycles. The molecule has 1 aliphatic heterocycles. The molecule has 0 bridgehead atoms. The number of aliphatic imine (C=N–C) groups is 1. The number of hydrogen-bond donors (Lipinski definition) is 3. The Balaban J connectivity index is 1.75. The van der Waals surface area contributed by atoms with Crippen LogP contribution in [0.5, 0.6) is 0 Å². The predicted octanol–water partition coefficient (Wildman–Crippen LogP) is 1.98. The second-order valence-corrected chi connectivity index (χ2v) is 6.71. The molecule has 0 aliphatic carbocycles. The summed E-state index contributed by atoms with van der Waals surface area (Å²) in [5, 5.41) is 9.60. The first-order valence-corrected chi connectivity index (χ1v) is 9.77. The summed E-state index contributed by atoms with van der Waals surface area (Å²) in [6.07, 6.45) is 4.93. The van der Waals surface area contributed by atoms with Gasteiger partial charge in [-0.2, -0.15) is 0 Å². The molecule has 1 aromatic carbocycles. The maximum Gasteiger partial charge on any atom is 0.251 e. The summed E-state index contributed by atoms with van der Waals surface area (Å²) in [5.41, 5.74) is 1.76. The van der Waals surface area contributed by atoms with Gasteiger partial charge in [-0.25, -0.2) is 0 Å². The molecule has 1 amide bonds. The molecule has 0 atom stereocenters. The van der Waals surface area contributed by atoms with Gasteiger partial charge in [0.15, 0.2) is 5.96 Å². The second kappa shape index (κ2) is 11.5. The van der Waals surface area contributed by atoms with Gasteiger partial charge in [-0.15, -0.1) is 0 Å². The fraction of sp³-hybridized carbons (Fsp3) is 0.600. The van der Waals surface area contributed by atoms with Crippen molar-refractivity contribution in [3.8, 4) is 0 Å². The maximum absolute atomic E-state index is 12.1. The van der Waals surface area contributed by atoms with E-state index >= 15 is 0 Å². The highest BCUT2D eigenvalue weighted by Crippen LogP contribution is 2.07. The molecule has 6 heteroatoms. The number of nitrogens with zero attached hydrogens (tertiary/aromatic N) is 2. The quantitative estimate of drug-likeness (QED) is 0.490. The molecular formula is C20H33N5O. The Kier molecular flexibility index (Phi) is 8.96. The molecule has 1 fully saturated rings. The lowest BCUT2D eigenvalue weighted by Crippen LogP contribution is -2.42. The van der Waals surface area contributed by atoms with Crippen molar-refractivity contribution in [3.63, 3.8) is 0 Å². The Labute approximate surface area is 157 Å². The van der Waals surface area contributed by atoms with Crippen LogP contribution in [0.2, 0.25) is 0 Å². The Bertz CT molecular complexity index is 581. The number of likely N-dealkylation sites (tertiary alicyclic amines) is 1. The summed E-state index contributed by atoms with van der Waals surface area (Å²) in [6, 6.07) is 7.72. The molecule has 0 radical (unpaired) electrons. The van der Waals surface area contributed by atoms with E-state index in [9.17, 15) is 4.79 Å². The van der Waals surface area contributed by atoms with Crippen molar-refractivity contribution in [1.82, 2.24) is 20.9 Å². The molecule has 0 saturated carbocycles. The van der Waals surface area contributed by atoms with Crippen molar-refractivity contribution in [2.24, 2.45) is 4.99 Å². The first-order valence-electron chi connectivity index (χ1n) is 9.77. The lowest BCUT2D eigenvalue weighted by atomic mass is 10.1. The summed E-state index contributed by atoms with van der Waals surface area (Å²) >= 11 is 0. The Hall–Kier alpha value is -2.08. The number of nitrogens with one attached hydrogen (secondary N) is 3. The number of piperidine rings is 1. The summed E-state index contributed by atoms with van der Waals surface area (Å²) in [7, 11) is 1.78. The SMILES string of the molecule is CCCNC(=O)c1cccc(CNC(=NC)NCCN2CCCCC2)c1. The van der Waals surface area contributed by atoms with Gasteiger partial charge in [0, 0.05) is 38.8 Å². The zero-order valence-electron chi connectivity index (χ0n) is 16.2. The van der Waals surface area contributed by atoms with E-state index in [-0.39, 0.29) is 5.91 Å². The van der Waals surface area contributed by atoms with E-state index < -0.39 is 0 Å². The molecule has 1 saturated heterocycles. The van der Waals surface area contributed by atoms with Gasteiger partial charge in [-0.1, -0.05) is 25.5 Å². The minimum atomic E-state index is -0.0160. The van der Waals surface area contributed by atoms with E-state index in [1.807, 2.05) is 31.2 Å². The highest BCUT2D eigenvalue weighted by Gasteiger charge is 2.09. The molecule has 2 rings (SSSR count). The molecule has 144 valence electrons. The third-order valence-corrected chi connectivity index (χ3v) is 4.58. The van der Waals surface area contributed by atoms with Crippen LogP contribution >= 0.6 is 0 Å². The van der Waals surface area contributed by atoms with Crippen LogP contribution in [-0.2, 0) is 6.54 Å². The van der Waals surface area contributed by atoms with Crippen molar-refractivity contribution >= 4 is 11.9 Å². The third kappa shape index (κ3) is 7.04. The van der Waals surface area contributed by atoms with E-state index in [4.69, 9.17) is 0 Å². The fourth-order valence-electron chi connectivity index (χ4n) is 3.08. The smallest absolute Gasteiger partial charge is 0.251 e. The lowest BCUT2D eigenvalue weighted by molar-refractivity contribution is 0.0953. The van der Waals surface area contributed by atoms with E-state index in [0.29, 0.717) is 18.7 Å². The van der Waals surface area contributed by atoms with Crippen LogP contribution in [0.4, 0.5) is 0 Å². The van der Waals surface area contributed by atoms with Crippen molar-refractivity contribution < 1.29 is 4.79 Å². The van der Waals surface area contributed by atoms with Gasteiger partial charge in [-0.3, -0.25) is 9.79 Å². The van der Waals surface area contributed by atoms with Crippen LogP contribution in [0.15, 0.2) is 29.3 Å². The molecule has 0 unspecified atom stereocenters. The number of amides is 1. The maximum atomic E-state index is 12.1. The minimum Gasteiger partial charge on any atom is -0.355 e. The van der Waals surface area contributed by atoms with Crippen LogP contribution in [0.3, 0.4) is 0 Å². The summed E-state index contributed by atoms with van der Waals surface area (Å²) in [6.45, 7) is 7.74. The normalized spacial score (nSPS) is 15.5. The van der Waals surface area contributed by atoms with Crippen LogP contribution in [0, 0.1) is 0 Å². The molecule has 1 heterocycles. The van der Waals surface area contributed by atoms with Crippen LogP contribution in [0.1, 0.15) is 48.5 Å². The average Bonchev–Trinajstić information content (AvgIpc) is 2.69. The summed E-state index contributed by atoms with van der Waals surface area (Å²) in [5.74, 6) is 0.778. The van der Waals surface area contributed by atoms with E-state index in [1.54, 1.807) is 7.05 Å². The number of carbonyl (C=O) groups excluding carboxylic acids is 1. The summed E-state index contributed by atoms with van der Waals surface area (Å²) < 4.78 is 0.